The average Bonchev–Trinajstić information content (AvgIpc) is 2.41. The highest BCUT2D eigenvalue weighted by molar-refractivity contribution is 5.87. The third kappa shape index (κ3) is 3.02. The van der Waals surface area contributed by atoms with Crippen LogP contribution in [0.3, 0.4) is 0 Å². The standard InChI is InChI=1S/C14H14FNO3/c15-11-7-9(14(17)18)5-6-13(11)19-12-4-2-1-3-10(12)8-16/h5-7,10,12H,1-4H2,(H,17,18). The summed E-state index contributed by atoms with van der Waals surface area (Å²) < 4.78 is 19.3. The second-order valence-electron chi connectivity index (χ2n) is 4.63. The van der Waals surface area contributed by atoms with Crippen LogP contribution in [0.5, 0.6) is 5.75 Å². The fourth-order valence-corrected chi connectivity index (χ4v) is 2.28. The van der Waals surface area contributed by atoms with Crippen molar-refractivity contribution < 1.29 is 19.0 Å². The second kappa shape index (κ2) is 5.70. The summed E-state index contributed by atoms with van der Waals surface area (Å²) in [6.07, 6.45) is 3.11. The summed E-state index contributed by atoms with van der Waals surface area (Å²) in [5.74, 6) is -2.11. The van der Waals surface area contributed by atoms with Gasteiger partial charge in [0.25, 0.3) is 0 Å². The van der Waals surface area contributed by atoms with Crippen LogP contribution in [0.15, 0.2) is 18.2 Å². The molecule has 0 amide bonds. The maximum atomic E-state index is 13.7. The van der Waals surface area contributed by atoms with Crippen LogP contribution in [0.25, 0.3) is 0 Å². The van der Waals surface area contributed by atoms with E-state index >= 15 is 0 Å². The van der Waals surface area contributed by atoms with Crippen molar-refractivity contribution in [2.75, 3.05) is 0 Å². The molecule has 1 aromatic carbocycles. The number of halogens is 1. The van der Waals surface area contributed by atoms with Crippen molar-refractivity contribution in [1.82, 2.24) is 0 Å². The molecule has 1 aliphatic rings. The summed E-state index contributed by atoms with van der Waals surface area (Å²) in [4.78, 5) is 10.7. The molecular formula is C14H14FNO3. The first-order valence-corrected chi connectivity index (χ1v) is 6.21. The molecule has 1 fully saturated rings. The van der Waals surface area contributed by atoms with E-state index in [-0.39, 0.29) is 23.3 Å². The van der Waals surface area contributed by atoms with Gasteiger partial charge in [0.2, 0.25) is 0 Å². The molecule has 5 heteroatoms. The van der Waals surface area contributed by atoms with Gasteiger partial charge in [-0.15, -0.1) is 0 Å². The Labute approximate surface area is 110 Å². The maximum Gasteiger partial charge on any atom is 0.335 e. The van der Waals surface area contributed by atoms with Crippen LogP contribution in [0.1, 0.15) is 36.0 Å². The van der Waals surface area contributed by atoms with Gasteiger partial charge in [-0.3, -0.25) is 0 Å². The molecule has 19 heavy (non-hydrogen) atoms. The van der Waals surface area contributed by atoms with Gasteiger partial charge in [0.15, 0.2) is 11.6 Å². The molecule has 4 nitrogen and oxygen atoms in total. The lowest BCUT2D eigenvalue weighted by Gasteiger charge is -2.27. The lowest BCUT2D eigenvalue weighted by atomic mass is 9.87. The lowest BCUT2D eigenvalue weighted by Crippen LogP contribution is -2.29. The number of nitriles is 1. The summed E-state index contributed by atoms with van der Waals surface area (Å²) in [6, 6.07) is 5.72. The van der Waals surface area contributed by atoms with E-state index < -0.39 is 11.8 Å². The van der Waals surface area contributed by atoms with Gasteiger partial charge < -0.3 is 9.84 Å². The smallest absolute Gasteiger partial charge is 0.335 e. The highest BCUT2D eigenvalue weighted by Gasteiger charge is 2.27. The molecule has 0 heterocycles. The Morgan fingerprint density at radius 2 is 2.16 bits per heavy atom. The minimum absolute atomic E-state index is 0.0113. The second-order valence-corrected chi connectivity index (χ2v) is 4.63. The van der Waals surface area contributed by atoms with Crippen LogP contribution < -0.4 is 4.74 Å². The molecule has 0 radical (unpaired) electrons. The molecule has 2 atom stereocenters. The van der Waals surface area contributed by atoms with E-state index in [0.29, 0.717) is 0 Å². The zero-order valence-electron chi connectivity index (χ0n) is 10.3. The Morgan fingerprint density at radius 3 is 2.79 bits per heavy atom. The highest BCUT2D eigenvalue weighted by atomic mass is 19.1. The third-order valence-electron chi connectivity index (χ3n) is 3.33. The number of aromatic carboxylic acids is 1. The van der Waals surface area contributed by atoms with E-state index in [4.69, 9.17) is 15.1 Å². The average molecular weight is 263 g/mol. The minimum Gasteiger partial charge on any atom is -0.486 e. The number of rotatable bonds is 3. The van der Waals surface area contributed by atoms with Crippen molar-refractivity contribution in [2.24, 2.45) is 5.92 Å². The minimum atomic E-state index is -1.18. The molecule has 1 aromatic rings. The SMILES string of the molecule is N#CC1CCCCC1Oc1ccc(C(=O)O)cc1F. The number of benzene rings is 1. The fraction of sp³-hybridized carbons (Fsp3) is 0.429. The molecule has 1 aliphatic carbocycles. The zero-order valence-corrected chi connectivity index (χ0v) is 10.3. The van der Waals surface area contributed by atoms with Crippen LogP contribution in [-0.4, -0.2) is 17.2 Å². The highest BCUT2D eigenvalue weighted by Crippen LogP contribution is 2.29. The van der Waals surface area contributed by atoms with Crippen molar-refractivity contribution in [3.8, 4) is 11.8 Å². The number of carboxylic acid groups (broad SMARTS) is 1. The summed E-state index contributed by atoms with van der Waals surface area (Å²) >= 11 is 0. The predicted octanol–water partition coefficient (Wildman–Crippen LogP) is 2.99. The molecule has 0 bridgehead atoms. The summed E-state index contributed by atoms with van der Waals surface area (Å²) in [5, 5.41) is 17.8. The van der Waals surface area contributed by atoms with E-state index in [1.165, 1.54) is 12.1 Å². The molecule has 100 valence electrons. The van der Waals surface area contributed by atoms with Crippen molar-refractivity contribution in [2.45, 2.75) is 31.8 Å². The number of carboxylic acids is 1. The first kappa shape index (κ1) is 13.3. The van der Waals surface area contributed by atoms with Crippen LogP contribution in [0.4, 0.5) is 4.39 Å². The molecule has 0 aromatic heterocycles. The van der Waals surface area contributed by atoms with Crippen LogP contribution in [0, 0.1) is 23.1 Å². The Morgan fingerprint density at radius 1 is 1.42 bits per heavy atom. The van der Waals surface area contributed by atoms with E-state index in [0.717, 1.165) is 31.7 Å². The van der Waals surface area contributed by atoms with Gasteiger partial charge in [-0.05, 0) is 37.5 Å². The Hall–Kier alpha value is -2.09. The molecular weight excluding hydrogens is 249 g/mol. The third-order valence-corrected chi connectivity index (χ3v) is 3.33. The monoisotopic (exact) mass is 263 g/mol. The number of hydrogen-bond acceptors (Lipinski definition) is 3. The quantitative estimate of drug-likeness (QED) is 0.910. The number of ether oxygens (including phenoxy) is 1. The Balaban J connectivity index is 2.14. The number of carbonyl (C=O) groups is 1. The van der Waals surface area contributed by atoms with E-state index in [2.05, 4.69) is 6.07 Å². The van der Waals surface area contributed by atoms with Crippen molar-refractivity contribution >= 4 is 5.97 Å². The van der Waals surface area contributed by atoms with E-state index in [9.17, 15) is 9.18 Å². The number of hydrogen-bond donors (Lipinski definition) is 1. The van der Waals surface area contributed by atoms with Gasteiger partial charge >= 0.3 is 5.97 Å². The van der Waals surface area contributed by atoms with Crippen LogP contribution in [-0.2, 0) is 0 Å². The Bertz CT molecular complexity index is 524. The maximum absolute atomic E-state index is 13.7. The van der Waals surface area contributed by atoms with Gasteiger partial charge in [-0.25, -0.2) is 9.18 Å². The summed E-state index contributed by atoms with van der Waals surface area (Å²) in [5.41, 5.74) is -0.120. The fourth-order valence-electron chi connectivity index (χ4n) is 2.28. The van der Waals surface area contributed by atoms with Crippen LogP contribution >= 0.6 is 0 Å². The topological polar surface area (TPSA) is 70.3 Å². The molecule has 0 spiro atoms. The largest absolute Gasteiger partial charge is 0.486 e. The predicted molar refractivity (Wildman–Crippen MR) is 65.3 cm³/mol. The van der Waals surface area contributed by atoms with E-state index in [1.54, 1.807) is 0 Å². The molecule has 0 saturated heterocycles. The van der Waals surface area contributed by atoms with Crippen LogP contribution in [0.2, 0.25) is 0 Å². The molecule has 2 rings (SSSR count). The summed E-state index contributed by atoms with van der Waals surface area (Å²) in [6.45, 7) is 0. The van der Waals surface area contributed by atoms with Crippen molar-refractivity contribution in [1.29, 1.82) is 5.26 Å². The molecule has 2 unspecified atom stereocenters. The zero-order chi connectivity index (χ0) is 13.8. The van der Waals surface area contributed by atoms with Gasteiger partial charge in [0, 0.05) is 0 Å². The van der Waals surface area contributed by atoms with E-state index in [1.807, 2.05) is 0 Å². The first-order valence-electron chi connectivity index (χ1n) is 6.21. The van der Waals surface area contributed by atoms with Gasteiger partial charge in [-0.2, -0.15) is 5.26 Å². The lowest BCUT2D eigenvalue weighted by molar-refractivity contribution is 0.0696. The molecule has 1 saturated carbocycles. The molecule has 1 N–H and O–H groups in total. The Kier molecular flexibility index (Phi) is 4.00. The normalized spacial score (nSPS) is 22.5. The van der Waals surface area contributed by atoms with Gasteiger partial charge in [0.1, 0.15) is 6.10 Å². The van der Waals surface area contributed by atoms with Crippen molar-refractivity contribution in [3.63, 3.8) is 0 Å². The van der Waals surface area contributed by atoms with Crippen molar-refractivity contribution in [3.05, 3.63) is 29.6 Å². The number of nitrogens with zero attached hydrogens (tertiary/aromatic N) is 1. The van der Waals surface area contributed by atoms with Gasteiger partial charge in [-0.1, -0.05) is 6.42 Å². The summed E-state index contributed by atoms with van der Waals surface area (Å²) in [7, 11) is 0. The first-order chi connectivity index (χ1) is 9.11. The molecule has 0 aliphatic heterocycles. The van der Waals surface area contributed by atoms with Gasteiger partial charge in [0.05, 0.1) is 17.6 Å².